The van der Waals surface area contributed by atoms with E-state index in [0.29, 0.717) is 24.5 Å². The first kappa shape index (κ1) is 22.8. The molecule has 0 radical (unpaired) electrons. The van der Waals surface area contributed by atoms with E-state index in [1.165, 1.54) is 17.7 Å². The van der Waals surface area contributed by atoms with E-state index in [2.05, 4.69) is 32.9 Å². The Hall–Kier alpha value is -2.49. The van der Waals surface area contributed by atoms with E-state index < -0.39 is 11.6 Å². The molecule has 1 heterocycles. The molecule has 0 saturated heterocycles. The van der Waals surface area contributed by atoms with Crippen LogP contribution >= 0.6 is 24.0 Å². The van der Waals surface area contributed by atoms with Crippen molar-refractivity contribution < 1.29 is 8.78 Å². The van der Waals surface area contributed by atoms with Gasteiger partial charge in [-0.1, -0.05) is 12.1 Å². The minimum Gasteiger partial charge on any atom is -0.356 e. The largest absolute Gasteiger partial charge is 0.356 e. The topological polar surface area (TPSA) is 54.2 Å². The summed E-state index contributed by atoms with van der Waals surface area (Å²) < 4.78 is 28.2. The average molecular weight is 511 g/mol. The van der Waals surface area contributed by atoms with Crippen molar-refractivity contribution in [2.75, 3.05) is 20.1 Å². The van der Waals surface area contributed by atoms with Gasteiger partial charge < -0.3 is 10.6 Å². The highest BCUT2D eigenvalue weighted by Crippen LogP contribution is 2.09. The summed E-state index contributed by atoms with van der Waals surface area (Å²) in [5.41, 5.74) is 2.83. The van der Waals surface area contributed by atoms with Crippen LogP contribution in [0.5, 0.6) is 0 Å². The van der Waals surface area contributed by atoms with Crippen molar-refractivity contribution in [3.8, 4) is 5.69 Å². The molecule has 0 bridgehead atoms. The molecule has 154 valence electrons. The summed E-state index contributed by atoms with van der Waals surface area (Å²) in [6, 6.07) is 13.7. The van der Waals surface area contributed by atoms with Gasteiger partial charge >= 0.3 is 0 Å². The number of benzene rings is 2. The number of aliphatic imine (C=N–C) groups is 1. The fourth-order valence-corrected chi connectivity index (χ4v) is 2.86. The number of nitrogens with one attached hydrogen (secondary N) is 2. The minimum atomic E-state index is -0.559. The molecule has 29 heavy (non-hydrogen) atoms. The monoisotopic (exact) mass is 511 g/mol. The Balaban J connectivity index is 0.00000300. The highest BCUT2D eigenvalue weighted by Gasteiger charge is 2.03. The van der Waals surface area contributed by atoms with Gasteiger partial charge in [-0.2, -0.15) is 5.10 Å². The average Bonchev–Trinajstić information content (AvgIpc) is 3.21. The Morgan fingerprint density at radius 3 is 2.14 bits per heavy atom. The molecule has 5 nitrogen and oxygen atoms in total. The molecule has 2 aromatic carbocycles. The van der Waals surface area contributed by atoms with Crippen molar-refractivity contribution in [2.45, 2.75) is 12.8 Å². The summed E-state index contributed by atoms with van der Waals surface area (Å²) in [4.78, 5) is 4.17. The molecule has 0 aliphatic carbocycles. The molecular weight excluding hydrogens is 487 g/mol. The quantitative estimate of drug-likeness (QED) is 0.289. The van der Waals surface area contributed by atoms with Crippen LogP contribution in [0, 0.1) is 11.6 Å². The molecule has 2 N–H and O–H groups in total. The minimum absolute atomic E-state index is 0. The maximum Gasteiger partial charge on any atom is 0.190 e. The van der Waals surface area contributed by atoms with E-state index in [9.17, 15) is 8.78 Å². The molecule has 0 saturated carbocycles. The van der Waals surface area contributed by atoms with Crippen LogP contribution in [0.1, 0.15) is 11.1 Å². The Kier molecular flexibility index (Phi) is 9.04. The number of halogens is 3. The van der Waals surface area contributed by atoms with Crippen molar-refractivity contribution in [3.63, 3.8) is 0 Å². The molecular formula is C21H24F2IN5. The zero-order chi connectivity index (χ0) is 19.8. The van der Waals surface area contributed by atoms with Gasteiger partial charge in [0.05, 0.1) is 5.69 Å². The van der Waals surface area contributed by atoms with E-state index in [1.54, 1.807) is 13.2 Å². The SMILES string of the molecule is CN=C(NCCc1ccc(-n2cccn2)cc1)NCCc1cc(F)cc(F)c1.I. The summed E-state index contributed by atoms with van der Waals surface area (Å²) in [5, 5.41) is 10.6. The standard InChI is InChI=1S/C21H23F2N5.HI/c1-24-21(26-11-8-17-13-18(22)15-19(23)14-17)25-10-7-16-3-5-20(6-4-16)28-12-2-9-27-28;/h2-6,9,12-15H,7-8,10-11H2,1H3,(H2,24,25,26);1H. The van der Waals surface area contributed by atoms with Crippen LogP contribution in [-0.4, -0.2) is 35.9 Å². The third-order valence-electron chi connectivity index (χ3n) is 4.26. The molecule has 1 aromatic heterocycles. The van der Waals surface area contributed by atoms with Crippen molar-refractivity contribution in [1.82, 2.24) is 20.4 Å². The number of nitrogens with zero attached hydrogens (tertiary/aromatic N) is 3. The summed E-state index contributed by atoms with van der Waals surface area (Å²) >= 11 is 0. The first-order chi connectivity index (χ1) is 13.6. The summed E-state index contributed by atoms with van der Waals surface area (Å²) in [6.45, 7) is 1.25. The molecule has 8 heteroatoms. The Morgan fingerprint density at radius 2 is 1.59 bits per heavy atom. The van der Waals surface area contributed by atoms with Crippen LogP contribution in [-0.2, 0) is 12.8 Å². The number of guanidine groups is 1. The fraction of sp³-hybridized carbons (Fsp3) is 0.238. The lowest BCUT2D eigenvalue weighted by Crippen LogP contribution is -2.39. The molecule has 0 aliphatic heterocycles. The molecule has 0 aliphatic rings. The molecule has 0 spiro atoms. The first-order valence-electron chi connectivity index (χ1n) is 9.12. The maximum absolute atomic E-state index is 13.2. The summed E-state index contributed by atoms with van der Waals surface area (Å²) in [6.07, 6.45) is 5.01. The smallest absolute Gasteiger partial charge is 0.190 e. The van der Waals surface area contributed by atoms with Crippen molar-refractivity contribution in [1.29, 1.82) is 0 Å². The third-order valence-corrected chi connectivity index (χ3v) is 4.26. The van der Waals surface area contributed by atoms with Gasteiger partial charge in [-0.05, 0) is 54.3 Å². The zero-order valence-electron chi connectivity index (χ0n) is 16.1. The fourth-order valence-electron chi connectivity index (χ4n) is 2.86. The highest BCUT2D eigenvalue weighted by atomic mass is 127. The van der Waals surface area contributed by atoms with Crippen LogP contribution in [0.3, 0.4) is 0 Å². The van der Waals surface area contributed by atoms with Crippen molar-refractivity contribution in [2.24, 2.45) is 4.99 Å². The number of aromatic nitrogens is 2. The predicted molar refractivity (Wildman–Crippen MR) is 122 cm³/mol. The molecule has 0 unspecified atom stereocenters. The number of hydrogen-bond acceptors (Lipinski definition) is 2. The second kappa shape index (κ2) is 11.5. The summed E-state index contributed by atoms with van der Waals surface area (Å²) in [5.74, 6) is -0.461. The Labute approximate surface area is 186 Å². The van der Waals surface area contributed by atoms with E-state index in [0.717, 1.165) is 24.7 Å². The zero-order valence-corrected chi connectivity index (χ0v) is 18.4. The van der Waals surface area contributed by atoms with Gasteiger partial charge in [-0.25, -0.2) is 13.5 Å². The van der Waals surface area contributed by atoms with Gasteiger partial charge in [0.1, 0.15) is 11.6 Å². The van der Waals surface area contributed by atoms with Crippen LogP contribution in [0.15, 0.2) is 65.9 Å². The molecule has 0 fully saturated rings. The van der Waals surface area contributed by atoms with Crippen molar-refractivity contribution in [3.05, 3.63) is 83.7 Å². The normalized spacial score (nSPS) is 11.1. The van der Waals surface area contributed by atoms with Crippen molar-refractivity contribution >= 4 is 29.9 Å². The Morgan fingerprint density at radius 1 is 0.966 bits per heavy atom. The first-order valence-corrected chi connectivity index (χ1v) is 9.12. The maximum atomic E-state index is 13.2. The highest BCUT2D eigenvalue weighted by molar-refractivity contribution is 14.0. The number of hydrogen-bond donors (Lipinski definition) is 2. The second-order valence-electron chi connectivity index (χ2n) is 6.32. The van der Waals surface area contributed by atoms with Gasteiger partial charge in [-0.15, -0.1) is 24.0 Å². The molecule has 0 atom stereocenters. The van der Waals surface area contributed by atoms with E-state index in [1.807, 2.05) is 29.1 Å². The summed E-state index contributed by atoms with van der Waals surface area (Å²) in [7, 11) is 1.69. The molecule has 0 amide bonds. The van der Waals surface area contributed by atoms with Gasteiger partial charge in [0.15, 0.2) is 5.96 Å². The van der Waals surface area contributed by atoms with E-state index in [-0.39, 0.29) is 24.0 Å². The van der Waals surface area contributed by atoms with Crippen LogP contribution in [0.2, 0.25) is 0 Å². The van der Waals surface area contributed by atoms with Crippen LogP contribution < -0.4 is 10.6 Å². The van der Waals surface area contributed by atoms with Gasteiger partial charge in [0.2, 0.25) is 0 Å². The third kappa shape index (κ3) is 7.12. The van der Waals surface area contributed by atoms with E-state index >= 15 is 0 Å². The lowest BCUT2D eigenvalue weighted by Gasteiger charge is -2.12. The lowest BCUT2D eigenvalue weighted by atomic mass is 10.1. The van der Waals surface area contributed by atoms with Crippen LogP contribution in [0.25, 0.3) is 5.69 Å². The molecule has 3 rings (SSSR count). The molecule has 3 aromatic rings. The number of rotatable bonds is 7. The van der Waals surface area contributed by atoms with Gasteiger partial charge in [-0.3, -0.25) is 4.99 Å². The van der Waals surface area contributed by atoms with Crippen LogP contribution in [0.4, 0.5) is 8.78 Å². The van der Waals surface area contributed by atoms with E-state index in [4.69, 9.17) is 0 Å². The Bertz CT molecular complexity index is 891. The lowest BCUT2D eigenvalue weighted by molar-refractivity contribution is 0.579. The van der Waals surface area contributed by atoms with Gasteiger partial charge in [0.25, 0.3) is 0 Å². The van der Waals surface area contributed by atoms with Gasteiger partial charge in [0, 0.05) is 38.6 Å². The predicted octanol–water partition coefficient (Wildman–Crippen LogP) is 3.72. The second-order valence-corrected chi connectivity index (χ2v) is 6.32.